The lowest BCUT2D eigenvalue weighted by Gasteiger charge is -2.13. The van der Waals surface area contributed by atoms with Crippen LogP contribution in [0.5, 0.6) is 5.75 Å². The molecule has 20 heavy (non-hydrogen) atoms. The van der Waals surface area contributed by atoms with Crippen molar-refractivity contribution in [1.29, 1.82) is 0 Å². The molecule has 1 aliphatic rings. The summed E-state index contributed by atoms with van der Waals surface area (Å²) < 4.78 is 4.86. The lowest BCUT2D eigenvalue weighted by atomic mass is 10.1. The van der Waals surface area contributed by atoms with Gasteiger partial charge in [0.15, 0.2) is 0 Å². The molecule has 8 heteroatoms. The van der Waals surface area contributed by atoms with E-state index in [4.69, 9.17) is 4.74 Å². The van der Waals surface area contributed by atoms with Gasteiger partial charge in [-0.05, 0) is 6.92 Å². The van der Waals surface area contributed by atoms with Gasteiger partial charge < -0.3 is 20.1 Å². The fraction of sp³-hybridized carbons (Fsp3) is 0.417. The third-order valence-electron chi connectivity index (χ3n) is 3.06. The number of amides is 2. The summed E-state index contributed by atoms with van der Waals surface area (Å²) in [5.41, 5.74) is -0.271. The largest absolute Gasteiger partial charge is 0.506 e. The molecule has 1 aromatic heterocycles. The number of aromatic amines is 1. The van der Waals surface area contributed by atoms with Gasteiger partial charge in [-0.15, -0.1) is 0 Å². The molecule has 0 bridgehead atoms. The fourth-order valence-electron chi connectivity index (χ4n) is 2.10. The van der Waals surface area contributed by atoms with Crippen molar-refractivity contribution >= 4 is 12.0 Å². The lowest BCUT2D eigenvalue weighted by molar-refractivity contribution is 0.0958. The normalized spacial score (nSPS) is 13.0. The molecule has 0 spiro atoms. The number of carbonyl (C=O) groups is 2. The second-order valence-corrected chi connectivity index (χ2v) is 4.27. The summed E-state index contributed by atoms with van der Waals surface area (Å²) in [5.74, 6) is -1.07. The zero-order chi connectivity index (χ0) is 14.9. The number of pyridine rings is 1. The van der Waals surface area contributed by atoms with Crippen LogP contribution < -0.4 is 10.9 Å². The molecule has 0 aromatic carbocycles. The highest BCUT2D eigenvalue weighted by Gasteiger charge is 2.31. The number of rotatable bonds is 2. The molecule has 3 N–H and O–H groups in total. The van der Waals surface area contributed by atoms with Crippen LogP contribution in [0.4, 0.5) is 4.79 Å². The third-order valence-corrected chi connectivity index (χ3v) is 3.06. The summed E-state index contributed by atoms with van der Waals surface area (Å²) in [6.07, 6.45) is -0.537. The molecular formula is C12H15N3O5. The van der Waals surface area contributed by atoms with E-state index in [2.05, 4.69) is 10.3 Å². The van der Waals surface area contributed by atoms with Gasteiger partial charge in [-0.3, -0.25) is 14.5 Å². The quantitative estimate of drug-likeness (QED) is 0.701. The van der Waals surface area contributed by atoms with Gasteiger partial charge in [0, 0.05) is 18.3 Å². The number of fused-ring (bicyclic) bond motifs is 1. The lowest BCUT2D eigenvalue weighted by Crippen LogP contribution is -2.27. The van der Waals surface area contributed by atoms with Crippen molar-refractivity contribution < 1.29 is 19.4 Å². The number of nitrogens with zero attached hydrogens (tertiary/aromatic N) is 1. The molecule has 0 fully saturated rings. The molecule has 1 aromatic rings. The number of ether oxygens (including phenoxy) is 1. The molecule has 2 rings (SSSR count). The Morgan fingerprint density at radius 3 is 2.75 bits per heavy atom. The van der Waals surface area contributed by atoms with Gasteiger partial charge in [0.2, 0.25) is 0 Å². The van der Waals surface area contributed by atoms with Gasteiger partial charge in [-0.25, -0.2) is 4.79 Å². The first-order chi connectivity index (χ1) is 9.49. The summed E-state index contributed by atoms with van der Waals surface area (Å²) >= 11 is 0. The van der Waals surface area contributed by atoms with Crippen LogP contribution in [0.15, 0.2) is 4.79 Å². The maximum Gasteiger partial charge on any atom is 0.410 e. The standard InChI is InChI=1S/C12H15N3O5/c1-3-20-12(19)15-4-6-7(5-15)14-11(18)8(9(6)16)10(17)13-2/h3-5H2,1-2H3,(H,13,17)(H2,14,16,18). The first kappa shape index (κ1) is 13.9. The number of aromatic nitrogens is 1. The van der Waals surface area contributed by atoms with E-state index in [1.165, 1.54) is 11.9 Å². The van der Waals surface area contributed by atoms with Gasteiger partial charge in [0.1, 0.15) is 11.3 Å². The minimum absolute atomic E-state index is 0.0841. The highest BCUT2D eigenvalue weighted by molar-refractivity contribution is 5.96. The number of nitrogens with one attached hydrogen (secondary N) is 2. The van der Waals surface area contributed by atoms with Crippen LogP contribution in [0, 0.1) is 0 Å². The van der Waals surface area contributed by atoms with Crippen LogP contribution in [0.2, 0.25) is 0 Å². The molecule has 0 saturated carbocycles. The molecular weight excluding hydrogens is 266 g/mol. The summed E-state index contributed by atoms with van der Waals surface area (Å²) in [6.45, 7) is 2.13. The van der Waals surface area contributed by atoms with Gasteiger partial charge in [-0.2, -0.15) is 0 Å². The monoisotopic (exact) mass is 281 g/mol. The first-order valence-electron chi connectivity index (χ1n) is 6.10. The van der Waals surface area contributed by atoms with Crippen molar-refractivity contribution in [3.8, 4) is 5.75 Å². The highest BCUT2D eigenvalue weighted by Crippen LogP contribution is 2.30. The molecule has 2 heterocycles. The molecule has 108 valence electrons. The second-order valence-electron chi connectivity index (χ2n) is 4.27. The summed E-state index contributed by atoms with van der Waals surface area (Å²) in [5, 5.41) is 12.3. The van der Waals surface area contributed by atoms with E-state index in [9.17, 15) is 19.5 Å². The van der Waals surface area contributed by atoms with E-state index in [0.717, 1.165) is 0 Å². The van der Waals surface area contributed by atoms with E-state index < -0.39 is 23.3 Å². The second kappa shape index (κ2) is 5.24. The smallest absolute Gasteiger partial charge is 0.410 e. The Labute approximate surface area is 114 Å². The molecule has 2 amide bonds. The van der Waals surface area contributed by atoms with Crippen LogP contribution in [-0.4, -0.2) is 40.6 Å². The summed E-state index contributed by atoms with van der Waals surface area (Å²) in [7, 11) is 1.36. The molecule has 0 saturated heterocycles. The van der Waals surface area contributed by atoms with Crippen molar-refractivity contribution in [3.05, 3.63) is 27.2 Å². The van der Waals surface area contributed by atoms with Gasteiger partial charge in [0.05, 0.1) is 19.7 Å². The van der Waals surface area contributed by atoms with Crippen LogP contribution in [0.1, 0.15) is 28.5 Å². The Kier molecular flexibility index (Phi) is 3.64. The van der Waals surface area contributed by atoms with Gasteiger partial charge in [-0.1, -0.05) is 0 Å². The van der Waals surface area contributed by atoms with E-state index >= 15 is 0 Å². The van der Waals surface area contributed by atoms with Gasteiger partial charge >= 0.3 is 6.09 Å². The minimum Gasteiger partial charge on any atom is -0.506 e. The number of aromatic hydroxyl groups is 1. The number of H-pyrrole nitrogens is 1. The zero-order valence-electron chi connectivity index (χ0n) is 11.1. The molecule has 0 aliphatic carbocycles. The SMILES string of the molecule is CCOC(=O)N1Cc2[nH]c(=O)c(C(=O)NC)c(O)c2C1. The van der Waals surface area contributed by atoms with Crippen molar-refractivity contribution in [3.63, 3.8) is 0 Å². The third kappa shape index (κ3) is 2.20. The predicted octanol–water partition coefficient (Wildman–Crippen LogP) is -0.0878. The van der Waals surface area contributed by atoms with Crippen molar-refractivity contribution in [2.45, 2.75) is 20.0 Å². The molecule has 8 nitrogen and oxygen atoms in total. The Balaban J connectivity index is 2.39. The van der Waals surface area contributed by atoms with Crippen LogP contribution in [0.25, 0.3) is 0 Å². The average molecular weight is 281 g/mol. The van der Waals surface area contributed by atoms with Crippen LogP contribution in [0.3, 0.4) is 0 Å². The van der Waals surface area contributed by atoms with E-state index in [1.807, 2.05) is 0 Å². The highest BCUT2D eigenvalue weighted by atomic mass is 16.6. The van der Waals surface area contributed by atoms with E-state index in [1.54, 1.807) is 6.92 Å². The number of hydrogen-bond acceptors (Lipinski definition) is 5. The Morgan fingerprint density at radius 1 is 1.45 bits per heavy atom. The molecule has 0 radical (unpaired) electrons. The Morgan fingerprint density at radius 2 is 2.15 bits per heavy atom. The van der Waals surface area contributed by atoms with Crippen LogP contribution in [-0.2, 0) is 17.8 Å². The number of hydrogen-bond donors (Lipinski definition) is 3. The maximum absolute atomic E-state index is 11.8. The molecule has 0 unspecified atom stereocenters. The van der Waals surface area contributed by atoms with E-state index in [0.29, 0.717) is 11.3 Å². The van der Waals surface area contributed by atoms with Crippen molar-refractivity contribution in [2.24, 2.45) is 0 Å². The van der Waals surface area contributed by atoms with Crippen molar-refractivity contribution in [1.82, 2.24) is 15.2 Å². The first-order valence-corrected chi connectivity index (χ1v) is 6.10. The predicted molar refractivity (Wildman–Crippen MR) is 68.4 cm³/mol. The topological polar surface area (TPSA) is 112 Å². The molecule has 0 atom stereocenters. The van der Waals surface area contributed by atoms with Gasteiger partial charge in [0.25, 0.3) is 11.5 Å². The summed E-state index contributed by atoms with van der Waals surface area (Å²) in [6, 6.07) is 0. The Hall–Kier alpha value is -2.51. The number of carbonyl (C=O) groups excluding carboxylic acids is 2. The maximum atomic E-state index is 11.8. The fourth-order valence-corrected chi connectivity index (χ4v) is 2.10. The Bertz CT molecular complexity index is 622. The zero-order valence-corrected chi connectivity index (χ0v) is 11.1. The summed E-state index contributed by atoms with van der Waals surface area (Å²) in [4.78, 5) is 38.8. The minimum atomic E-state index is -0.689. The molecule has 1 aliphatic heterocycles. The van der Waals surface area contributed by atoms with Crippen LogP contribution >= 0.6 is 0 Å². The van der Waals surface area contributed by atoms with E-state index in [-0.39, 0.29) is 25.3 Å². The average Bonchev–Trinajstić information content (AvgIpc) is 2.83. The van der Waals surface area contributed by atoms with Crippen molar-refractivity contribution in [2.75, 3.05) is 13.7 Å².